The van der Waals surface area contributed by atoms with E-state index in [1.54, 1.807) is 12.1 Å². The van der Waals surface area contributed by atoms with Crippen molar-refractivity contribution in [3.8, 4) is 11.1 Å². The van der Waals surface area contributed by atoms with Gasteiger partial charge in [-0.1, -0.05) is 0 Å². The van der Waals surface area contributed by atoms with Crippen LogP contribution in [-0.2, 0) is 4.74 Å². The molecular weight excluding hydrogens is 240 g/mol. The molecule has 0 aliphatic carbocycles. The molecule has 0 atom stereocenters. The highest BCUT2D eigenvalue weighted by atomic mass is 19.2. The number of aromatic nitrogens is 1. The third kappa shape index (κ3) is 2.20. The molecule has 0 fully saturated rings. The Morgan fingerprint density at radius 2 is 1.78 bits per heavy atom. The first-order valence-electron chi connectivity index (χ1n) is 5.11. The van der Waals surface area contributed by atoms with Gasteiger partial charge in [0.15, 0.2) is 11.6 Å². The average molecular weight is 249 g/mol. The van der Waals surface area contributed by atoms with Crippen LogP contribution < -0.4 is 0 Å². The second-order valence-corrected chi connectivity index (χ2v) is 3.54. The lowest BCUT2D eigenvalue weighted by Gasteiger charge is -2.08. The van der Waals surface area contributed by atoms with Gasteiger partial charge in [-0.15, -0.1) is 0 Å². The number of hydrogen-bond donors (Lipinski definition) is 0. The maximum atomic E-state index is 13.3. The van der Waals surface area contributed by atoms with E-state index >= 15 is 0 Å². The number of methoxy groups -OCH3 is 1. The maximum Gasteiger partial charge on any atom is 0.338 e. The zero-order chi connectivity index (χ0) is 13.1. The summed E-state index contributed by atoms with van der Waals surface area (Å²) >= 11 is 0. The number of nitrogens with zero attached hydrogens (tertiary/aromatic N) is 1. The van der Waals surface area contributed by atoms with Gasteiger partial charge in [-0.25, -0.2) is 13.6 Å². The fourth-order valence-corrected chi connectivity index (χ4v) is 1.60. The van der Waals surface area contributed by atoms with Gasteiger partial charge < -0.3 is 4.74 Å². The molecule has 0 spiro atoms. The van der Waals surface area contributed by atoms with Crippen LogP contribution in [-0.4, -0.2) is 18.1 Å². The predicted molar refractivity (Wildman–Crippen MR) is 60.9 cm³/mol. The summed E-state index contributed by atoms with van der Waals surface area (Å²) in [7, 11) is 1.18. The fraction of sp³-hybridized carbons (Fsp3) is 0.0769. The molecule has 0 bridgehead atoms. The molecule has 0 saturated carbocycles. The van der Waals surface area contributed by atoms with E-state index in [1.165, 1.54) is 19.5 Å². The van der Waals surface area contributed by atoms with Crippen LogP contribution >= 0.6 is 0 Å². The van der Waals surface area contributed by atoms with Gasteiger partial charge in [0.25, 0.3) is 0 Å². The first-order chi connectivity index (χ1) is 8.63. The molecule has 3 nitrogen and oxygen atoms in total. The van der Waals surface area contributed by atoms with Crippen molar-refractivity contribution in [1.29, 1.82) is 0 Å². The highest BCUT2D eigenvalue weighted by molar-refractivity contribution is 5.97. The molecule has 1 heterocycles. The molecule has 18 heavy (non-hydrogen) atoms. The van der Waals surface area contributed by atoms with Crippen LogP contribution in [0, 0.1) is 11.6 Å². The number of halogens is 2. The molecule has 0 aliphatic rings. The van der Waals surface area contributed by atoms with E-state index < -0.39 is 17.6 Å². The van der Waals surface area contributed by atoms with E-state index in [4.69, 9.17) is 0 Å². The normalized spacial score (nSPS) is 10.2. The first kappa shape index (κ1) is 12.2. The van der Waals surface area contributed by atoms with Crippen LogP contribution in [0.1, 0.15) is 10.4 Å². The number of esters is 1. The summed E-state index contributed by atoms with van der Waals surface area (Å²) in [5.41, 5.74) is 0.801. The van der Waals surface area contributed by atoms with Crippen LogP contribution in [0.2, 0.25) is 0 Å². The highest BCUT2D eigenvalue weighted by Crippen LogP contribution is 2.26. The van der Waals surface area contributed by atoms with Gasteiger partial charge in [0.2, 0.25) is 0 Å². The Bertz CT molecular complexity index is 585. The molecule has 2 rings (SSSR count). The standard InChI is InChI=1S/C13H9F2NO2/c1-18-13(17)10-7-12(15)11(14)6-9(10)8-2-4-16-5-3-8/h2-7H,1H3. The minimum absolute atomic E-state index is 0.0254. The van der Waals surface area contributed by atoms with E-state index in [2.05, 4.69) is 9.72 Å². The first-order valence-corrected chi connectivity index (χ1v) is 5.11. The van der Waals surface area contributed by atoms with E-state index in [1.807, 2.05) is 0 Å². The summed E-state index contributed by atoms with van der Waals surface area (Å²) in [6.45, 7) is 0. The van der Waals surface area contributed by atoms with Crippen molar-refractivity contribution in [2.45, 2.75) is 0 Å². The lowest BCUT2D eigenvalue weighted by atomic mass is 10.0. The lowest BCUT2D eigenvalue weighted by Crippen LogP contribution is -2.05. The number of carbonyl (C=O) groups excluding carboxylic acids is 1. The van der Waals surface area contributed by atoms with Gasteiger partial charge in [0.1, 0.15) is 0 Å². The third-order valence-corrected chi connectivity index (χ3v) is 2.46. The van der Waals surface area contributed by atoms with Gasteiger partial charge in [0, 0.05) is 12.4 Å². The molecule has 0 aliphatic heterocycles. The number of pyridine rings is 1. The SMILES string of the molecule is COC(=O)c1cc(F)c(F)cc1-c1ccncc1. The van der Waals surface area contributed by atoms with Gasteiger partial charge in [-0.2, -0.15) is 0 Å². The summed E-state index contributed by atoms with van der Waals surface area (Å²) in [5, 5.41) is 0. The lowest BCUT2D eigenvalue weighted by molar-refractivity contribution is 0.0601. The fourth-order valence-electron chi connectivity index (χ4n) is 1.60. The minimum Gasteiger partial charge on any atom is -0.465 e. The summed E-state index contributed by atoms with van der Waals surface area (Å²) in [5.74, 6) is -2.83. The zero-order valence-electron chi connectivity index (χ0n) is 9.48. The Kier molecular flexibility index (Phi) is 3.32. The molecule has 0 N–H and O–H groups in total. The van der Waals surface area contributed by atoms with Crippen LogP contribution in [0.25, 0.3) is 11.1 Å². The van der Waals surface area contributed by atoms with E-state index in [0.29, 0.717) is 5.56 Å². The molecule has 0 unspecified atom stereocenters. The largest absolute Gasteiger partial charge is 0.465 e. The summed E-state index contributed by atoms with van der Waals surface area (Å²) in [6.07, 6.45) is 3.00. The Morgan fingerprint density at radius 1 is 1.17 bits per heavy atom. The second-order valence-electron chi connectivity index (χ2n) is 3.54. The molecule has 0 saturated heterocycles. The Labute approximate surface area is 102 Å². The molecular formula is C13H9F2NO2. The summed E-state index contributed by atoms with van der Waals surface area (Å²) < 4.78 is 31.0. The van der Waals surface area contributed by atoms with Crippen molar-refractivity contribution in [1.82, 2.24) is 4.98 Å². The van der Waals surface area contributed by atoms with E-state index in [9.17, 15) is 13.6 Å². The smallest absolute Gasteiger partial charge is 0.338 e. The zero-order valence-corrected chi connectivity index (χ0v) is 9.48. The van der Waals surface area contributed by atoms with Gasteiger partial charge in [-0.05, 0) is 35.4 Å². The molecule has 1 aromatic carbocycles. The molecule has 1 aromatic heterocycles. The van der Waals surface area contributed by atoms with E-state index in [-0.39, 0.29) is 11.1 Å². The van der Waals surface area contributed by atoms with Crippen LogP contribution in [0.15, 0.2) is 36.7 Å². The monoisotopic (exact) mass is 249 g/mol. The van der Waals surface area contributed by atoms with Crippen molar-refractivity contribution < 1.29 is 18.3 Å². The van der Waals surface area contributed by atoms with Crippen LogP contribution in [0.5, 0.6) is 0 Å². The third-order valence-electron chi connectivity index (χ3n) is 2.46. The van der Waals surface area contributed by atoms with Crippen molar-refractivity contribution in [3.05, 3.63) is 53.9 Å². The highest BCUT2D eigenvalue weighted by Gasteiger charge is 2.17. The predicted octanol–water partition coefficient (Wildman–Crippen LogP) is 2.81. The van der Waals surface area contributed by atoms with Crippen LogP contribution in [0.3, 0.4) is 0 Å². The van der Waals surface area contributed by atoms with Gasteiger partial charge >= 0.3 is 5.97 Å². The van der Waals surface area contributed by atoms with Gasteiger partial charge in [0.05, 0.1) is 12.7 Å². The molecule has 5 heteroatoms. The topological polar surface area (TPSA) is 39.2 Å². The Hall–Kier alpha value is -2.30. The molecule has 92 valence electrons. The Balaban J connectivity index is 2.65. The average Bonchev–Trinajstić information content (AvgIpc) is 2.41. The van der Waals surface area contributed by atoms with Crippen molar-refractivity contribution in [2.75, 3.05) is 7.11 Å². The second kappa shape index (κ2) is 4.91. The van der Waals surface area contributed by atoms with Gasteiger partial charge in [-0.3, -0.25) is 4.98 Å². The summed E-state index contributed by atoms with van der Waals surface area (Å²) in [6, 6.07) is 4.99. The molecule has 2 aromatic rings. The van der Waals surface area contributed by atoms with Crippen molar-refractivity contribution in [2.24, 2.45) is 0 Å². The van der Waals surface area contributed by atoms with Crippen molar-refractivity contribution >= 4 is 5.97 Å². The number of carbonyl (C=O) groups is 1. The number of hydrogen-bond acceptors (Lipinski definition) is 3. The number of ether oxygens (including phenoxy) is 1. The van der Waals surface area contributed by atoms with E-state index in [0.717, 1.165) is 12.1 Å². The maximum absolute atomic E-state index is 13.3. The van der Waals surface area contributed by atoms with Crippen molar-refractivity contribution in [3.63, 3.8) is 0 Å². The molecule has 0 amide bonds. The van der Waals surface area contributed by atoms with Crippen LogP contribution in [0.4, 0.5) is 8.78 Å². The number of rotatable bonds is 2. The Morgan fingerprint density at radius 3 is 2.39 bits per heavy atom. The molecule has 0 radical (unpaired) electrons. The summed E-state index contributed by atoms with van der Waals surface area (Å²) in [4.78, 5) is 15.4. The number of benzene rings is 1. The minimum atomic E-state index is -1.09. The quantitative estimate of drug-likeness (QED) is 0.768.